The van der Waals surface area contributed by atoms with Crippen LogP contribution < -0.4 is 0 Å². The Balaban J connectivity index is 2.36. The largest absolute Gasteiger partial charge is 0.392 e. The van der Waals surface area contributed by atoms with Crippen LogP contribution in [0.4, 0.5) is 0 Å². The van der Waals surface area contributed by atoms with Gasteiger partial charge in [-0.3, -0.25) is 0 Å². The van der Waals surface area contributed by atoms with Gasteiger partial charge in [0.25, 0.3) is 0 Å². The lowest BCUT2D eigenvalue weighted by molar-refractivity contribution is 0.144. The predicted octanol–water partition coefficient (Wildman–Crippen LogP) is 1.25. The zero-order valence-corrected chi connectivity index (χ0v) is 11.1. The van der Waals surface area contributed by atoms with Gasteiger partial charge in [0.15, 0.2) is 9.84 Å². The first-order valence-corrected chi connectivity index (χ1v) is 7.63. The molecule has 5 heteroatoms. The van der Waals surface area contributed by atoms with Crippen molar-refractivity contribution in [3.63, 3.8) is 0 Å². The summed E-state index contributed by atoms with van der Waals surface area (Å²) >= 11 is 0. The summed E-state index contributed by atoms with van der Waals surface area (Å²) in [6, 6.07) is 8.30. The minimum absolute atomic E-state index is 0.129. The van der Waals surface area contributed by atoms with Crippen molar-refractivity contribution in [1.82, 2.24) is 0 Å². The quantitative estimate of drug-likeness (QED) is 0.894. The normalized spacial score (nSPS) is 23.8. The highest BCUT2D eigenvalue weighted by molar-refractivity contribution is 7.92. The molecule has 0 spiro atoms. The maximum atomic E-state index is 12.5. The van der Waals surface area contributed by atoms with Gasteiger partial charge in [0.2, 0.25) is 0 Å². The Morgan fingerprint density at radius 2 is 2.00 bits per heavy atom. The topological polar surface area (TPSA) is 63.6 Å². The fourth-order valence-corrected chi connectivity index (χ4v) is 4.58. The van der Waals surface area contributed by atoms with Crippen molar-refractivity contribution < 1.29 is 18.3 Å². The highest BCUT2D eigenvalue weighted by Gasteiger charge is 2.39. The molecule has 1 saturated heterocycles. The van der Waals surface area contributed by atoms with Gasteiger partial charge < -0.3 is 9.84 Å². The molecule has 4 nitrogen and oxygen atoms in total. The Labute approximate surface area is 108 Å². The third-order valence-electron chi connectivity index (χ3n) is 3.34. The molecule has 1 heterocycles. The summed E-state index contributed by atoms with van der Waals surface area (Å²) in [7, 11) is -3.51. The molecule has 18 heavy (non-hydrogen) atoms. The van der Waals surface area contributed by atoms with Crippen LogP contribution in [0.15, 0.2) is 35.2 Å². The highest BCUT2D eigenvalue weighted by Crippen LogP contribution is 2.29. The summed E-state index contributed by atoms with van der Waals surface area (Å²) in [4.78, 5) is 0.266. The van der Waals surface area contributed by atoms with Crippen LogP contribution in [0, 0.1) is 5.92 Å². The van der Waals surface area contributed by atoms with E-state index in [0.717, 1.165) is 0 Å². The summed E-state index contributed by atoms with van der Waals surface area (Å²) in [5.74, 6) is -0.129. The van der Waals surface area contributed by atoms with Crippen molar-refractivity contribution >= 4 is 9.84 Å². The van der Waals surface area contributed by atoms with Gasteiger partial charge in [0.05, 0.1) is 22.9 Å². The molecule has 1 fully saturated rings. The molecule has 1 aliphatic heterocycles. The van der Waals surface area contributed by atoms with E-state index in [0.29, 0.717) is 19.6 Å². The molecule has 1 N–H and O–H groups in total. The number of rotatable bonds is 4. The van der Waals surface area contributed by atoms with Crippen LogP contribution >= 0.6 is 0 Å². The second kappa shape index (κ2) is 5.38. The average molecular weight is 270 g/mol. The Bertz CT molecular complexity index is 475. The summed E-state index contributed by atoms with van der Waals surface area (Å²) in [5, 5.41) is 9.05. The molecule has 2 rings (SSSR count). The van der Waals surface area contributed by atoms with Gasteiger partial charge in [-0.15, -0.1) is 0 Å². The molecular weight excluding hydrogens is 252 g/mol. The summed E-state index contributed by atoms with van der Waals surface area (Å²) in [6.45, 7) is 2.50. The second-order valence-electron chi connectivity index (χ2n) is 4.69. The molecule has 0 bridgehead atoms. The van der Waals surface area contributed by atoms with Gasteiger partial charge in [0, 0.05) is 12.5 Å². The molecule has 3 atom stereocenters. The van der Waals surface area contributed by atoms with Gasteiger partial charge in [-0.05, 0) is 25.5 Å². The van der Waals surface area contributed by atoms with E-state index in [9.17, 15) is 13.5 Å². The van der Waals surface area contributed by atoms with E-state index in [4.69, 9.17) is 4.74 Å². The number of ether oxygens (including phenoxy) is 1. The third-order valence-corrected chi connectivity index (χ3v) is 5.76. The molecule has 3 unspecified atom stereocenters. The van der Waals surface area contributed by atoms with Crippen LogP contribution in [0.3, 0.4) is 0 Å². The first kappa shape index (κ1) is 13.5. The molecule has 0 aliphatic carbocycles. The zero-order valence-electron chi connectivity index (χ0n) is 10.3. The van der Waals surface area contributed by atoms with Crippen LogP contribution in [0.5, 0.6) is 0 Å². The molecule has 0 radical (unpaired) electrons. The average Bonchev–Trinajstić information content (AvgIpc) is 2.83. The summed E-state index contributed by atoms with van der Waals surface area (Å²) in [6.07, 6.45) is -0.219. The number of hydrogen-bond donors (Lipinski definition) is 1. The van der Waals surface area contributed by atoms with Crippen molar-refractivity contribution in [2.75, 3.05) is 13.2 Å². The van der Waals surface area contributed by atoms with Gasteiger partial charge in [-0.1, -0.05) is 18.2 Å². The Morgan fingerprint density at radius 3 is 2.50 bits per heavy atom. The van der Waals surface area contributed by atoms with Gasteiger partial charge in [0.1, 0.15) is 0 Å². The van der Waals surface area contributed by atoms with Crippen LogP contribution in [-0.4, -0.2) is 38.1 Å². The molecular formula is C13H18O4S. The van der Waals surface area contributed by atoms with Crippen LogP contribution in [-0.2, 0) is 14.6 Å². The number of aliphatic hydroxyl groups excluding tert-OH is 1. The van der Waals surface area contributed by atoms with Gasteiger partial charge in [-0.2, -0.15) is 0 Å². The van der Waals surface area contributed by atoms with E-state index >= 15 is 0 Å². The van der Waals surface area contributed by atoms with Crippen molar-refractivity contribution in [2.24, 2.45) is 5.92 Å². The standard InChI is InChI=1S/C13H18O4S/c1-10(14)13(11-7-8-17-9-11)18(15,16)12-5-3-2-4-6-12/h2-6,10-11,13-14H,7-9H2,1H3. The van der Waals surface area contributed by atoms with Crippen LogP contribution in [0.25, 0.3) is 0 Å². The van der Waals surface area contributed by atoms with Crippen molar-refractivity contribution in [3.05, 3.63) is 30.3 Å². The predicted molar refractivity (Wildman–Crippen MR) is 68.0 cm³/mol. The minimum atomic E-state index is -3.51. The lowest BCUT2D eigenvalue weighted by atomic mass is 10.0. The van der Waals surface area contributed by atoms with E-state index in [2.05, 4.69) is 0 Å². The number of sulfone groups is 1. The first-order chi connectivity index (χ1) is 8.53. The van der Waals surface area contributed by atoms with Gasteiger partial charge >= 0.3 is 0 Å². The Morgan fingerprint density at radius 1 is 1.33 bits per heavy atom. The van der Waals surface area contributed by atoms with E-state index in [1.54, 1.807) is 30.3 Å². The first-order valence-electron chi connectivity index (χ1n) is 6.08. The molecule has 1 aromatic rings. The fourth-order valence-electron chi connectivity index (χ4n) is 2.49. The SMILES string of the molecule is CC(O)C(C1CCOC1)S(=O)(=O)c1ccccc1. The smallest absolute Gasteiger partial charge is 0.184 e. The van der Waals surface area contributed by atoms with Crippen molar-refractivity contribution in [1.29, 1.82) is 0 Å². The maximum absolute atomic E-state index is 12.5. The zero-order chi connectivity index (χ0) is 13.2. The third kappa shape index (κ3) is 2.58. The Hall–Kier alpha value is -0.910. The molecule has 0 aromatic heterocycles. The summed E-state index contributed by atoms with van der Waals surface area (Å²) in [5.41, 5.74) is 0. The molecule has 100 valence electrons. The van der Waals surface area contributed by atoms with E-state index in [1.807, 2.05) is 0 Å². The van der Waals surface area contributed by atoms with E-state index < -0.39 is 21.2 Å². The molecule has 1 aromatic carbocycles. The molecule has 1 aliphatic rings. The van der Waals surface area contributed by atoms with Crippen molar-refractivity contribution in [2.45, 2.75) is 29.6 Å². The monoisotopic (exact) mass is 270 g/mol. The second-order valence-corrected chi connectivity index (χ2v) is 6.79. The molecule has 0 saturated carbocycles. The van der Waals surface area contributed by atoms with Gasteiger partial charge in [-0.25, -0.2) is 8.42 Å². The Kier molecular flexibility index (Phi) is 4.04. The highest BCUT2D eigenvalue weighted by atomic mass is 32.2. The minimum Gasteiger partial charge on any atom is -0.392 e. The van der Waals surface area contributed by atoms with E-state index in [1.165, 1.54) is 6.92 Å². The lowest BCUT2D eigenvalue weighted by Gasteiger charge is -2.25. The molecule has 0 amide bonds. The fraction of sp³-hybridized carbons (Fsp3) is 0.538. The number of benzene rings is 1. The summed E-state index contributed by atoms with van der Waals surface area (Å²) < 4.78 is 30.3. The van der Waals surface area contributed by atoms with Crippen LogP contribution in [0.1, 0.15) is 13.3 Å². The van der Waals surface area contributed by atoms with Crippen molar-refractivity contribution in [3.8, 4) is 0 Å². The maximum Gasteiger partial charge on any atom is 0.184 e. The number of aliphatic hydroxyl groups is 1. The van der Waals surface area contributed by atoms with E-state index in [-0.39, 0.29) is 10.8 Å². The van der Waals surface area contributed by atoms with Crippen LogP contribution in [0.2, 0.25) is 0 Å². The number of hydrogen-bond acceptors (Lipinski definition) is 4. The lowest BCUT2D eigenvalue weighted by Crippen LogP contribution is -2.39.